The summed E-state index contributed by atoms with van der Waals surface area (Å²) in [5.41, 5.74) is 4.26. The predicted octanol–water partition coefficient (Wildman–Crippen LogP) is 0.544. The Labute approximate surface area is 119 Å². The van der Waals surface area contributed by atoms with Gasteiger partial charge in [-0.3, -0.25) is 4.79 Å². The van der Waals surface area contributed by atoms with Gasteiger partial charge in [0.15, 0.2) is 0 Å². The Kier molecular flexibility index (Phi) is 8.91. The molecule has 1 rings (SSSR count). The summed E-state index contributed by atoms with van der Waals surface area (Å²) in [6.45, 7) is 6.66. The molecule has 0 aliphatic carbocycles. The van der Waals surface area contributed by atoms with Crippen molar-refractivity contribution in [2.75, 3.05) is 19.8 Å². The number of nitrogens with two attached hydrogens (primary N) is 1. The maximum absolute atomic E-state index is 11.0. The van der Waals surface area contributed by atoms with Crippen LogP contribution >= 0.6 is 0 Å². The number of aliphatic hydroxyl groups excluding tert-OH is 1. The third-order valence-electron chi connectivity index (χ3n) is 2.33. The first-order chi connectivity index (χ1) is 9.24. The molecular weight excluding hydrogens is 264 g/mol. The van der Waals surface area contributed by atoms with Gasteiger partial charge in [0.2, 0.25) is 5.91 Å². The Hall–Kier alpha value is -1.34. The van der Waals surface area contributed by atoms with Crippen molar-refractivity contribution in [3.63, 3.8) is 0 Å². The molecule has 1 saturated heterocycles. The molecule has 0 saturated carbocycles. The molecule has 118 valence electrons. The normalized spacial score (nSPS) is 15.8. The molecule has 0 bridgehead atoms. The first-order valence-corrected chi connectivity index (χ1v) is 6.71. The van der Waals surface area contributed by atoms with Crippen molar-refractivity contribution in [3.05, 3.63) is 0 Å². The molecule has 1 aliphatic rings. The first kappa shape index (κ1) is 18.7. The summed E-state index contributed by atoms with van der Waals surface area (Å²) in [5.74, 6) is -0.0654. The zero-order chi connectivity index (χ0) is 15.6. The Bertz CT molecular complexity index is 296. The van der Waals surface area contributed by atoms with Crippen molar-refractivity contribution in [1.82, 2.24) is 5.32 Å². The van der Waals surface area contributed by atoms with Crippen LogP contribution in [-0.4, -0.2) is 48.6 Å². The van der Waals surface area contributed by atoms with Crippen molar-refractivity contribution in [3.8, 4) is 0 Å². The zero-order valence-corrected chi connectivity index (χ0v) is 12.5. The number of carbonyl (C=O) groups is 2. The largest absolute Gasteiger partial charge is 0.444 e. The molecule has 7 nitrogen and oxygen atoms in total. The maximum atomic E-state index is 11.0. The van der Waals surface area contributed by atoms with Crippen LogP contribution < -0.4 is 11.1 Å². The molecule has 1 aliphatic heterocycles. The van der Waals surface area contributed by atoms with Crippen molar-refractivity contribution >= 4 is 12.0 Å². The molecular formula is C13H26N2O5. The molecule has 0 aromatic carbocycles. The van der Waals surface area contributed by atoms with Crippen LogP contribution in [0.4, 0.5) is 4.79 Å². The Balaban J connectivity index is 0.000000396. The second-order valence-corrected chi connectivity index (χ2v) is 5.46. The fourth-order valence-electron chi connectivity index (χ4n) is 1.55. The van der Waals surface area contributed by atoms with E-state index in [9.17, 15) is 9.59 Å². The van der Waals surface area contributed by atoms with Gasteiger partial charge >= 0.3 is 6.09 Å². The lowest BCUT2D eigenvalue weighted by Crippen LogP contribution is -2.39. The molecule has 20 heavy (non-hydrogen) atoms. The van der Waals surface area contributed by atoms with Crippen molar-refractivity contribution in [2.24, 2.45) is 5.73 Å². The molecule has 1 fully saturated rings. The van der Waals surface area contributed by atoms with Crippen LogP contribution in [0.5, 0.6) is 0 Å². The lowest BCUT2D eigenvalue weighted by Gasteiger charge is -2.22. The van der Waals surface area contributed by atoms with Gasteiger partial charge in [-0.1, -0.05) is 0 Å². The van der Waals surface area contributed by atoms with E-state index in [0.29, 0.717) is 0 Å². The average Bonchev–Trinajstić information content (AvgIpc) is 2.27. The minimum atomic E-state index is -0.725. The first-order valence-electron chi connectivity index (χ1n) is 6.71. The monoisotopic (exact) mass is 290 g/mol. The van der Waals surface area contributed by atoms with Crippen LogP contribution in [0.3, 0.4) is 0 Å². The van der Waals surface area contributed by atoms with Gasteiger partial charge in [-0.2, -0.15) is 0 Å². The standard InChI is InChI=1S/C8H15NO3.C5H11NO2/c10-4-1-8(11)9-7-2-5-12-6-3-7;1-5(2,3)8-4(6)7/h7,10H,1-6H2,(H,9,11);1-3H3,(H2,6,7). The minimum Gasteiger partial charge on any atom is -0.444 e. The van der Waals surface area contributed by atoms with Gasteiger partial charge in [0.05, 0.1) is 6.61 Å². The van der Waals surface area contributed by atoms with Gasteiger partial charge in [0, 0.05) is 25.7 Å². The van der Waals surface area contributed by atoms with Crippen LogP contribution in [0, 0.1) is 0 Å². The summed E-state index contributed by atoms with van der Waals surface area (Å²) in [6, 6.07) is 0.248. The highest BCUT2D eigenvalue weighted by Gasteiger charge is 2.15. The Morgan fingerprint density at radius 1 is 1.35 bits per heavy atom. The SMILES string of the molecule is CC(C)(C)OC(N)=O.O=C(CCO)NC1CCOCC1. The third kappa shape index (κ3) is 11.7. The van der Waals surface area contributed by atoms with E-state index in [0.717, 1.165) is 26.1 Å². The molecule has 0 radical (unpaired) electrons. The van der Waals surface area contributed by atoms with E-state index in [4.69, 9.17) is 15.6 Å². The highest BCUT2D eigenvalue weighted by atomic mass is 16.6. The van der Waals surface area contributed by atoms with Gasteiger partial charge in [0.25, 0.3) is 0 Å². The summed E-state index contributed by atoms with van der Waals surface area (Å²) in [5, 5.41) is 11.3. The molecule has 0 spiro atoms. The number of hydrogen-bond donors (Lipinski definition) is 3. The van der Waals surface area contributed by atoms with E-state index in [2.05, 4.69) is 10.1 Å². The topological polar surface area (TPSA) is 111 Å². The third-order valence-corrected chi connectivity index (χ3v) is 2.33. The number of nitrogens with one attached hydrogen (secondary N) is 1. The van der Waals surface area contributed by atoms with E-state index >= 15 is 0 Å². The highest BCUT2D eigenvalue weighted by molar-refractivity contribution is 5.76. The number of ether oxygens (including phenoxy) is 2. The van der Waals surface area contributed by atoms with E-state index < -0.39 is 11.7 Å². The number of aliphatic hydroxyl groups is 1. The van der Waals surface area contributed by atoms with E-state index in [1.54, 1.807) is 20.8 Å². The van der Waals surface area contributed by atoms with Gasteiger partial charge in [-0.05, 0) is 33.6 Å². The Morgan fingerprint density at radius 2 is 1.90 bits per heavy atom. The molecule has 7 heteroatoms. The summed E-state index contributed by atoms with van der Waals surface area (Å²) < 4.78 is 9.72. The number of hydrogen-bond acceptors (Lipinski definition) is 5. The quantitative estimate of drug-likeness (QED) is 0.702. The van der Waals surface area contributed by atoms with Gasteiger partial charge in [0.1, 0.15) is 5.60 Å². The van der Waals surface area contributed by atoms with E-state index in [1.165, 1.54) is 0 Å². The van der Waals surface area contributed by atoms with Crippen molar-refractivity contribution in [1.29, 1.82) is 0 Å². The second kappa shape index (κ2) is 9.55. The summed E-state index contributed by atoms with van der Waals surface area (Å²) in [4.78, 5) is 21.0. The molecule has 0 aromatic rings. The summed E-state index contributed by atoms with van der Waals surface area (Å²) in [6.07, 6.45) is 1.25. The lowest BCUT2D eigenvalue weighted by atomic mass is 10.1. The molecule has 0 unspecified atom stereocenters. The summed E-state index contributed by atoms with van der Waals surface area (Å²) in [7, 11) is 0. The zero-order valence-electron chi connectivity index (χ0n) is 12.5. The molecule has 4 N–H and O–H groups in total. The fraction of sp³-hybridized carbons (Fsp3) is 0.846. The van der Waals surface area contributed by atoms with Crippen LogP contribution in [0.25, 0.3) is 0 Å². The van der Waals surface area contributed by atoms with Crippen LogP contribution in [0.2, 0.25) is 0 Å². The van der Waals surface area contributed by atoms with Gasteiger partial charge in [-0.15, -0.1) is 0 Å². The van der Waals surface area contributed by atoms with Gasteiger partial charge < -0.3 is 25.6 Å². The number of carbonyl (C=O) groups excluding carboxylic acids is 2. The Morgan fingerprint density at radius 3 is 2.25 bits per heavy atom. The molecule has 0 aromatic heterocycles. The maximum Gasteiger partial charge on any atom is 0.405 e. The predicted molar refractivity (Wildman–Crippen MR) is 74.1 cm³/mol. The van der Waals surface area contributed by atoms with E-state index in [-0.39, 0.29) is 25.0 Å². The number of amides is 2. The van der Waals surface area contributed by atoms with Crippen LogP contribution in [0.15, 0.2) is 0 Å². The second-order valence-electron chi connectivity index (χ2n) is 5.46. The molecule has 2 amide bonds. The summed E-state index contributed by atoms with van der Waals surface area (Å²) >= 11 is 0. The smallest absolute Gasteiger partial charge is 0.405 e. The fourth-order valence-corrected chi connectivity index (χ4v) is 1.55. The lowest BCUT2D eigenvalue weighted by molar-refractivity contribution is -0.123. The minimum absolute atomic E-state index is 0.0654. The van der Waals surface area contributed by atoms with Crippen molar-refractivity contribution < 1.29 is 24.2 Å². The molecule has 1 heterocycles. The van der Waals surface area contributed by atoms with Crippen LogP contribution in [0.1, 0.15) is 40.0 Å². The highest BCUT2D eigenvalue weighted by Crippen LogP contribution is 2.06. The molecule has 0 atom stereocenters. The van der Waals surface area contributed by atoms with Gasteiger partial charge in [-0.25, -0.2) is 4.79 Å². The van der Waals surface area contributed by atoms with E-state index in [1.807, 2.05) is 0 Å². The van der Waals surface area contributed by atoms with Crippen molar-refractivity contribution in [2.45, 2.75) is 51.7 Å². The number of rotatable bonds is 3. The number of primary amides is 1. The average molecular weight is 290 g/mol. The van der Waals surface area contributed by atoms with Crippen LogP contribution in [-0.2, 0) is 14.3 Å².